The third kappa shape index (κ3) is 3.96. The number of amides is 1. The number of nitrogens with zero attached hydrogens (tertiary/aromatic N) is 1. The van der Waals surface area contributed by atoms with E-state index in [0.29, 0.717) is 17.9 Å². The summed E-state index contributed by atoms with van der Waals surface area (Å²) in [7, 11) is 1.54. The molecule has 1 fully saturated rings. The predicted molar refractivity (Wildman–Crippen MR) is 114 cm³/mol. The molecule has 0 saturated carbocycles. The summed E-state index contributed by atoms with van der Waals surface area (Å²) in [5, 5.41) is 11.1. The second-order valence-corrected chi connectivity index (χ2v) is 7.26. The molecule has 2 aromatic carbocycles. The van der Waals surface area contributed by atoms with Crippen LogP contribution in [0.5, 0.6) is 5.75 Å². The summed E-state index contributed by atoms with van der Waals surface area (Å²) in [6.07, 6.45) is 0. The Kier molecular flexibility index (Phi) is 6.57. The van der Waals surface area contributed by atoms with Gasteiger partial charge in [0.15, 0.2) is 0 Å². The molecule has 6 heteroatoms. The Bertz CT molecular complexity index is 995. The molecule has 0 radical (unpaired) electrons. The normalized spacial score (nSPS) is 18.1. The van der Waals surface area contributed by atoms with Gasteiger partial charge in [0.2, 0.25) is 0 Å². The average molecular weight is 409 g/mol. The molecule has 1 aliphatic heterocycles. The number of aliphatic hydroxyl groups excluding tert-OH is 1. The monoisotopic (exact) mass is 409 g/mol. The zero-order chi connectivity index (χ0) is 21.8. The van der Waals surface area contributed by atoms with Crippen molar-refractivity contribution in [3.8, 4) is 5.75 Å². The number of Topliss-reactive ketones (excluding diaryl/α,β-unsaturated/α-hetero) is 1. The molecule has 1 amide bonds. The topological polar surface area (TPSA) is 76.1 Å². The third-order valence-corrected chi connectivity index (χ3v) is 5.31. The summed E-state index contributed by atoms with van der Waals surface area (Å²) in [5.41, 5.74) is 3.13. The molecule has 1 unspecified atom stereocenters. The van der Waals surface area contributed by atoms with Crippen LogP contribution in [-0.4, -0.2) is 48.6 Å². The number of carbonyl (C=O) groups is 2. The fourth-order valence-corrected chi connectivity index (χ4v) is 3.79. The first-order chi connectivity index (χ1) is 14.4. The number of carbonyl (C=O) groups excluding carboxylic acids is 2. The van der Waals surface area contributed by atoms with Crippen LogP contribution in [0.3, 0.4) is 0 Å². The van der Waals surface area contributed by atoms with Gasteiger partial charge in [0.05, 0.1) is 24.8 Å². The molecule has 1 atom stereocenters. The maximum absolute atomic E-state index is 13.0. The molecule has 1 aliphatic rings. The Morgan fingerprint density at radius 1 is 1.10 bits per heavy atom. The van der Waals surface area contributed by atoms with E-state index in [9.17, 15) is 14.7 Å². The lowest BCUT2D eigenvalue weighted by atomic mass is 9.92. The molecule has 1 saturated heterocycles. The van der Waals surface area contributed by atoms with Gasteiger partial charge in [-0.3, -0.25) is 9.59 Å². The van der Waals surface area contributed by atoms with E-state index in [1.807, 2.05) is 45.0 Å². The molecule has 2 aromatic rings. The van der Waals surface area contributed by atoms with Gasteiger partial charge in [0, 0.05) is 19.2 Å². The predicted octanol–water partition coefficient (Wildman–Crippen LogP) is 3.77. The molecule has 0 aliphatic carbocycles. The lowest BCUT2D eigenvalue weighted by Crippen LogP contribution is -2.32. The van der Waals surface area contributed by atoms with Crippen molar-refractivity contribution in [2.45, 2.75) is 26.8 Å². The molecule has 6 nitrogen and oxygen atoms in total. The van der Waals surface area contributed by atoms with Gasteiger partial charge in [0.25, 0.3) is 11.7 Å². The lowest BCUT2D eigenvalue weighted by molar-refractivity contribution is -0.140. The van der Waals surface area contributed by atoms with Crippen LogP contribution in [-0.2, 0) is 14.3 Å². The molecule has 0 aromatic heterocycles. The summed E-state index contributed by atoms with van der Waals surface area (Å²) in [4.78, 5) is 27.3. The summed E-state index contributed by atoms with van der Waals surface area (Å²) >= 11 is 0. The molecule has 30 heavy (non-hydrogen) atoms. The molecule has 3 rings (SSSR count). The van der Waals surface area contributed by atoms with Gasteiger partial charge in [-0.15, -0.1) is 0 Å². The molecule has 0 spiro atoms. The number of aryl methyl sites for hydroxylation is 2. The van der Waals surface area contributed by atoms with Gasteiger partial charge < -0.3 is 19.5 Å². The molecule has 158 valence electrons. The number of benzene rings is 2. The number of hydrogen-bond acceptors (Lipinski definition) is 5. The summed E-state index contributed by atoms with van der Waals surface area (Å²) in [5.74, 6) is -0.800. The van der Waals surface area contributed by atoms with Gasteiger partial charge in [-0.25, -0.2) is 0 Å². The van der Waals surface area contributed by atoms with Gasteiger partial charge >= 0.3 is 0 Å². The van der Waals surface area contributed by atoms with E-state index in [-0.39, 0.29) is 24.5 Å². The number of likely N-dealkylation sites (tertiary alicyclic amines) is 1. The number of aliphatic hydroxyl groups is 1. The Morgan fingerprint density at radius 3 is 2.47 bits per heavy atom. The van der Waals surface area contributed by atoms with E-state index in [1.165, 1.54) is 4.90 Å². The Labute approximate surface area is 176 Å². The standard InChI is InChI=1S/C24H27NO5/c1-5-30-19-11-10-17(14-16(19)3)22(26)20-21(18-9-7-6-8-15(18)2)25(12-13-29-4)24(28)23(20)27/h6-11,14,21,26H,5,12-13H2,1-4H3/b22-20+. The zero-order valence-corrected chi connectivity index (χ0v) is 17.8. The van der Waals surface area contributed by atoms with Crippen LogP contribution >= 0.6 is 0 Å². The van der Waals surface area contributed by atoms with Crippen molar-refractivity contribution in [3.05, 3.63) is 70.3 Å². The highest BCUT2D eigenvalue weighted by Gasteiger charge is 2.46. The lowest BCUT2D eigenvalue weighted by Gasteiger charge is -2.26. The van der Waals surface area contributed by atoms with Crippen LogP contribution < -0.4 is 4.74 Å². The van der Waals surface area contributed by atoms with Crippen molar-refractivity contribution >= 4 is 17.4 Å². The highest BCUT2D eigenvalue weighted by Crippen LogP contribution is 2.40. The first-order valence-electron chi connectivity index (χ1n) is 9.97. The van der Waals surface area contributed by atoms with Crippen LogP contribution in [0.4, 0.5) is 0 Å². The Balaban J connectivity index is 2.16. The van der Waals surface area contributed by atoms with Crippen molar-refractivity contribution in [3.63, 3.8) is 0 Å². The second kappa shape index (κ2) is 9.13. The van der Waals surface area contributed by atoms with Crippen LogP contribution in [0.2, 0.25) is 0 Å². The first-order valence-corrected chi connectivity index (χ1v) is 9.97. The van der Waals surface area contributed by atoms with Crippen molar-refractivity contribution in [1.82, 2.24) is 4.90 Å². The van der Waals surface area contributed by atoms with Gasteiger partial charge in [-0.05, 0) is 55.7 Å². The van der Waals surface area contributed by atoms with Gasteiger partial charge in [0.1, 0.15) is 11.5 Å². The van der Waals surface area contributed by atoms with Crippen LogP contribution in [0.1, 0.15) is 35.2 Å². The van der Waals surface area contributed by atoms with Gasteiger partial charge in [-0.1, -0.05) is 24.3 Å². The smallest absolute Gasteiger partial charge is 0.295 e. The number of ketones is 1. The number of ether oxygens (including phenoxy) is 2. The summed E-state index contributed by atoms with van der Waals surface area (Å²) < 4.78 is 10.7. The highest BCUT2D eigenvalue weighted by atomic mass is 16.5. The largest absolute Gasteiger partial charge is 0.507 e. The zero-order valence-electron chi connectivity index (χ0n) is 17.8. The van der Waals surface area contributed by atoms with Crippen molar-refractivity contribution in [1.29, 1.82) is 0 Å². The van der Waals surface area contributed by atoms with Crippen LogP contribution in [0.15, 0.2) is 48.0 Å². The average Bonchev–Trinajstić information content (AvgIpc) is 2.98. The van der Waals surface area contributed by atoms with Crippen LogP contribution in [0.25, 0.3) is 5.76 Å². The quantitative estimate of drug-likeness (QED) is 0.428. The molecule has 0 bridgehead atoms. The van der Waals surface area contributed by atoms with E-state index in [1.54, 1.807) is 25.3 Å². The molecular weight excluding hydrogens is 382 g/mol. The fourth-order valence-electron chi connectivity index (χ4n) is 3.79. The Hall–Kier alpha value is -3.12. The van der Waals surface area contributed by atoms with Crippen molar-refractivity contribution in [2.24, 2.45) is 0 Å². The summed E-state index contributed by atoms with van der Waals surface area (Å²) in [6.45, 7) is 6.77. The number of methoxy groups -OCH3 is 1. The van der Waals surface area contributed by atoms with E-state index >= 15 is 0 Å². The molecular formula is C24H27NO5. The number of hydrogen-bond donors (Lipinski definition) is 1. The fraction of sp³-hybridized carbons (Fsp3) is 0.333. The SMILES string of the molecule is CCOc1ccc(/C(O)=C2\C(=O)C(=O)N(CCOC)C2c2ccccc2C)cc1C. The minimum absolute atomic E-state index is 0.0916. The van der Waals surface area contributed by atoms with Crippen molar-refractivity contribution < 1.29 is 24.2 Å². The molecule has 1 heterocycles. The Morgan fingerprint density at radius 2 is 1.83 bits per heavy atom. The third-order valence-electron chi connectivity index (χ3n) is 5.31. The van der Waals surface area contributed by atoms with Crippen molar-refractivity contribution in [2.75, 3.05) is 26.9 Å². The maximum Gasteiger partial charge on any atom is 0.295 e. The van der Waals surface area contributed by atoms with Crippen LogP contribution in [0, 0.1) is 13.8 Å². The first kappa shape index (κ1) is 21.6. The van der Waals surface area contributed by atoms with E-state index in [2.05, 4.69) is 0 Å². The second-order valence-electron chi connectivity index (χ2n) is 7.26. The minimum atomic E-state index is -0.691. The highest BCUT2D eigenvalue weighted by molar-refractivity contribution is 6.46. The minimum Gasteiger partial charge on any atom is -0.507 e. The van der Waals surface area contributed by atoms with E-state index in [0.717, 1.165) is 16.7 Å². The molecule has 1 N–H and O–H groups in total. The van der Waals surface area contributed by atoms with E-state index < -0.39 is 17.7 Å². The summed E-state index contributed by atoms with van der Waals surface area (Å²) in [6, 6.07) is 12.1. The number of rotatable bonds is 7. The maximum atomic E-state index is 13.0. The van der Waals surface area contributed by atoms with E-state index in [4.69, 9.17) is 9.47 Å². The van der Waals surface area contributed by atoms with Gasteiger partial charge in [-0.2, -0.15) is 0 Å².